The fraction of sp³-hybridized carbons (Fsp3) is 0.800. The van der Waals surface area contributed by atoms with Gasteiger partial charge in [0.05, 0.1) is 20.3 Å². The fourth-order valence-electron chi connectivity index (χ4n) is 0.869. The Balaban J connectivity index is 3.34. The molecule has 0 aliphatic heterocycles. The standard InChI is InChI=1S/C10H20N2O4/c1-8(2)7-16-5-4-11-9(13)6-12-10(14)15-3/h8H,4-7H2,1-3H3,(H,11,13)(H,12,14). The van der Waals surface area contributed by atoms with Gasteiger partial charge < -0.3 is 20.1 Å². The number of carbonyl (C=O) groups is 2. The van der Waals surface area contributed by atoms with E-state index in [1.807, 2.05) is 0 Å². The molecule has 0 aromatic heterocycles. The number of hydrogen-bond acceptors (Lipinski definition) is 4. The Kier molecular flexibility index (Phi) is 8.24. The lowest BCUT2D eigenvalue weighted by Crippen LogP contribution is -2.38. The number of alkyl carbamates (subject to hydrolysis) is 1. The van der Waals surface area contributed by atoms with Crippen LogP contribution in [0.5, 0.6) is 0 Å². The van der Waals surface area contributed by atoms with E-state index < -0.39 is 6.09 Å². The molecule has 2 amide bonds. The summed E-state index contributed by atoms with van der Waals surface area (Å²) in [7, 11) is 1.24. The molecule has 0 unspecified atom stereocenters. The molecule has 0 saturated carbocycles. The molecule has 0 spiro atoms. The Morgan fingerprint density at radius 1 is 1.25 bits per heavy atom. The molecule has 0 fully saturated rings. The van der Waals surface area contributed by atoms with Crippen molar-refractivity contribution in [3.8, 4) is 0 Å². The van der Waals surface area contributed by atoms with E-state index in [4.69, 9.17) is 4.74 Å². The molecular formula is C10H20N2O4. The first-order chi connectivity index (χ1) is 7.56. The van der Waals surface area contributed by atoms with Crippen LogP contribution in [0.1, 0.15) is 13.8 Å². The molecule has 0 aromatic rings. The van der Waals surface area contributed by atoms with Crippen LogP contribution in [0.2, 0.25) is 0 Å². The summed E-state index contributed by atoms with van der Waals surface area (Å²) in [5.41, 5.74) is 0. The first-order valence-corrected chi connectivity index (χ1v) is 5.22. The van der Waals surface area contributed by atoms with Crippen molar-refractivity contribution in [3.63, 3.8) is 0 Å². The Morgan fingerprint density at radius 3 is 2.50 bits per heavy atom. The van der Waals surface area contributed by atoms with Gasteiger partial charge in [-0.2, -0.15) is 0 Å². The summed E-state index contributed by atoms with van der Waals surface area (Å²) in [6.45, 7) is 5.61. The summed E-state index contributed by atoms with van der Waals surface area (Å²) in [5.74, 6) is 0.218. The van der Waals surface area contributed by atoms with Gasteiger partial charge in [-0.15, -0.1) is 0 Å². The predicted molar refractivity (Wildman–Crippen MR) is 59.1 cm³/mol. The monoisotopic (exact) mass is 232 g/mol. The molecule has 6 nitrogen and oxygen atoms in total. The number of carbonyl (C=O) groups excluding carboxylic acids is 2. The summed E-state index contributed by atoms with van der Waals surface area (Å²) < 4.78 is 9.58. The normalized spacial score (nSPS) is 10.0. The Hall–Kier alpha value is -1.30. The zero-order chi connectivity index (χ0) is 12.4. The van der Waals surface area contributed by atoms with E-state index in [1.165, 1.54) is 7.11 Å². The molecule has 6 heteroatoms. The lowest BCUT2D eigenvalue weighted by molar-refractivity contribution is -0.120. The fourth-order valence-corrected chi connectivity index (χ4v) is 0.869. The van der Waals surface area contributed by atoms with Crippen LogP contribution in [0.3, 0.4) is 0 Å². The molecule has 0 aliphatic carbocycles. The Labute approximate surface area is 95.7 Å². The third kappa shape index (κ3) is 9.26. The smallest absolute Gasteiger partial charge is 0.407 e. The van der Waals surface area contributed by atoms with Crippen LogP contribution in [-0.2, 0) is 14.3 Å². The zero-order valence-electron chi connectivity index (χ0n) is 10.0. The number of rotatable bonds is 7. The summed E-state index contributed by atoms with van der Waals surface area (Å²) in [5, 5.41) is 4.88. The first kappa shape index (κ1) is 14.7. The Morgan fingerprint density at radius 2 is 1.94 bits per heavy atom. The zero-order valence-corrected chi connectivity index (χ0v) is 10.0. The largest absolute Gasteiger partial charge is 0.453 e. The van der Waals surface area contributed by atoms with Gasteiger partial charge in [0.2, 0.25) is 5.91 Å². The van der Waals surface area contributed by atoms with Gasteiger partial charge in [-0.25, -0.2) is 4.79 Å². The van der Waals surface area contributed by atoms with E-state index in [0.717, 1.165) is 0 Å². The van der Waals surface area contributed by atoms with Crippen molar-refractivity contribution in [3.05, 3.63) is 0 Å². The molecular weight excluding hydrogens is 212 g/mol. The minimum atomic E-state index is -0.619. The number of hydrogen-bond donors (Lipinski definition) is 2. The third-order valence-corrected chi connectivity index (χ3v) is 1.60. The minimum absolute atomic E-state index is 0.0865. The predicted octanol–water partition coefficient (Wildman–Crippen LogP) is 0.131. The highest BCUT2D eigenvalue weighted by Crippen LogP contribution is 1.90. The number of nitrogens with one attached hydrogen (secondary N) is 2. The van der Waals surface area contributed by atoms with Crippen LogP contribution in [-0.4, -0.2) is 45.4 Å². The summed E-state index contributed by atoms with van der Waals surface area (Å²) >= 11 is 0. The summed E-state index contributed by atoms with van der Waals surface area (Å²) in [4.78, 5) is 21.8. The van der Waals surface area contributed by atoms with Crippen molar-refractivity contribution >= 4 is 12.0 Å². The molecule has 0 saturated heterocycles. The van der Waals surface area contributed by atoms with Crippen LogP contribution in [0, 0.1) is 5.92 Å². The maximum Gasteiger partial charge on any atom is 0.407 e. The second kappa shape index (κ2) is 8.96. The molecule has 16 heavy (non-hydrogen) atoms. The van der Waals surface area contributed by atoms with Crippen LogP contribution in [0.4, 0.5) is 4.79 Å². The van der Waals surface area contributed by atoms with E-state index in [1.54, 1.807) is 0 Å². The SMILES string of the molecule is COC(=O)NCC(=O)NCCOCC(C)C. The van der Waals surface area contributed by atoms with Crippen LogP contribution < -0.4 is 10.6 Å². The lowest BCUT2D eigenvalue weighted by atomic mass is 10.2. The molecule has 0 aromatic carbocycles. The quantitative estimate of drug-likeness (QED) is 0.612. The van der Waals surface area contributed by atoms with Gasteiger partial charge in [0.15, 0.2) is 0 Å². The van der Waals surface area contributed by atoms with E-state index in [0.29, 0.717) is 25.7 Å². The van der Waals surface area contributed by atoms with E-state index in [9.17, 15) is 9.59 Å². The van der Waals surface area contributed by atoms with Crippen molar-refractivity contribution < 1.29 is 19.1 Å². The number of methoxy groups -OCH3 is 1. The Bertz CT molecular complexity index is 219. The number of ether oxygens (including phenoxy) is 2. The maximum atomic E-state index is 11.1. The third-order valence-electron chi connectivity index (χ3n) is 1.60. The van der Waals surface area contributed by atoms with E-state index >= 15 is 0 Å². The van der Waals surface area contributed by atoms with E-state index in [2.05, 4.69) is 29.2 Å². The van der Waals surface area contributed by atoms with Gasteiger partial charge in [0.1, 0.15) is 0 Å². The second-order valence-electron chi connectivity index (χ2n) is 3.66. The van der Waals surface area contributed by atoms with Gasteiger partial charge in [-0.1, -0.05) is 13.8 Å². The van der Waals surface area contributed by atoms with Gasteiger partial charge in [-0.05, 0) is 5.92 Å². The molecule has 0 rings (SSSR count). The van der Waals surface area contributed by atoms with Gasteiger partial charge in [0.25, 0.3) is 0 Å². The van der Waals surface area contributed by atoms with Crippen molar-refractivity contribution in [2.45, 2.75) is 13.8 Å². The second-order valence-corrected chi connectivity index (χ2v) is 3.66. The summed E-state index contributed by atoms with van der Waals surface area (Å²) in [6, 6.07) is 0. The van der Waals surface area contributed by atoms with Gasteiger partial charge in [-0.3, -0.25) is 4.79 Å². The molecule has 0 heterocycles. The van der Waals surface area contributed by atoms with E-state index in [-0.39, 0.29) is 12.5 Å². The van der Waals surface area contributed by atoms with Crippen LogP contribution in [0.15, 0.2) is 0 Å². The van der Waals surface area contributed by atoms with Gasteiger partial charge >= 0.3 is 6.09 Å². The molecule has 0 atom stereocenters. The summed E-state index contributed by atoms with van der Waals surface area (Å²) in [6.07, 6.45) is -0.619. The minimum Gasteiger partial charge on any atom is -0.453 e. The molecule has 2 N–H and O–H groups in total. The average molecular weight is 232 g/mol. The highest BCUT2D eigenvalue weighted by molar-refractivity contribution is 5.81. The van der Waals surface area contributed by atoms with Gasteiger partial charge in [0, 0.05) is 13.2 Å². The molecule has 0 aliphatic rings. The van der Waals surface area contributed by atoms with Crippen molar-refractivity contribution in [2.75, 3.05) is 33.4 Å². The molecule has 0 bridgehead atoms. The lowest BCUT2D eigenvalue weighted by Gasteiger charge is -2.08. The van der Waals surface area contributed by atoms with Crippen molar-refractivity contribution in [2.24, 2.45) is 5.92 Å². The van der Waals surface area contributed by atoms with Crippen molar-refractivity contribution in [1.82, 2.24) is 10.6 Å². The maximum absolute atomic E-state index is 11.1. The highest BCUT2D eigenvalue weighted by atomic mass is 16.5. The highest BCUT2D eigenvalue weighted by Gasteiger charge is 2.03. The molecule has 0 radical (unpaired) electrons. The van der Waals surface area contributed by atoms with Crippen LogP contribution in [0.25, 0.3) is 0 Å². The first-order valence-electron chi connectivity index (χ1n) is 5.22. The van der Waals surface area contributed by atoms with Crippen LogP contribution >= 0.6 is 0 Å². The average Bonchev–Trinajstić information content (AvgIpc) is 2.24. The molecule has 94 valence electrons. The topological polar surface area (TPSA) is 76.7 Å². The van der Waals surface area contributed by atoms with Crippen molar-refractivity contribution in [1.29, 1.82) is 0 Å². The number of amides is 2.